The Hall–Kier alpha value is -1.62. The maximum atomic E-state index is 5.72. The lowest BCUT2D eigenvalue weighted by Gasteiger charge is -2.38. The summed E-state index contributed by atoms with van der Waals surface area (Å²) in [6, 6.07) is 12.9. The molecule has 146 valence electrons. The average molecular weight is 368 g/mol. The zero-order valence-electron chi connectivity index (χ0n) is 16.9. The molecule has 0 unspecified atom stereocenters. The highest BCUT2D eigenvalue weighted by molar-refractivity contribution is 5.57. The molecule has 2 aliphatic rings. The van der Waals surface area contributed by atoms with Gasteiger partial charge in [-0.1, -0.05) is 24.3 Å². The van der Waals surface area contributed by atoms with Crippen LogP contribution in [0.4, 0.5) is 0 Å². The minimum absolute atomic E-state index is 0.908. The minimum atomic E-state index is 0.908. The van der Waals surface area contributed by atoms with Gasteiger partial charge in [-0.2, -0.15) is 0 Å². The molecule has 2 aliphatic heterocycles. The molecule has 4 rings (SSSR count). The van der Waals surface area contributed by atoms with Crippen molar-refractivity contribution in [2.24, 2.45) is 5.92 Å². The summed E-state index contributed by atoms with van der Waals surface area (Å²) < 4.78 is 5.72. The van der Waals surface area contributed by atoms with Crippen LogP contribution >= 0.6 is 0 Å². The largest absolute Gasteiger partial charge is 0.461 e. The van der Waals surface area contributed by atoms with E-state index in [-0.39, 0.29) is 0 Å². The normalized spacial score (nSPS) is 21.0. The summed E-state index contributed by atoms with van der Waals surface area (Å²) >= 11 is 0. The number of furan rings is 1. The van der Waals surface area contributed by atoms with E-state index in [9.17, 15) is 0 Å². The quantitative estimate of drug-likeness (QED) is 0.803. The maximum Gasteiger partial charge on any atom is 0.134 e. The van der Waals surface area contributed by atoms with Crippen LogP contribution < -0.4 is 0 Å². The summed E-state index contributed by atoms with van der Waals surface area (Å²) in [6.45, 7) is 11.7. The molecule has 2 saturated heterocycles. The standard InChI is InChI=1S/C23H33N3O/c1-19-3-8-23(27-19)22-6-4-20(5-7-22)17-25-13-15-26(16-14-25)18-21-9-11-24(2)12-10-21/h3-8,21H,9-18H2,1-2H3. The van der Waals surface area contributed by atoms with Crippen molar-refractivity contribution in [1.29, 1.82) is 0 Å². The van der Waals surface area contributed by atoms with Gasteiger partial charge in [-0.05, 0) is 63.5 Å². The second kappa shape index (κ2) is 8.59. The Morgan fingerprint density at radius 1 is 0.852 bits per heavy atom. The van der Waals surface area contributed by atoms with Crippen molar-refractivity contribution in [2.45, 2.75) is 26.3 Å². The highest BCUT2D eigenvalue weighted by Crippen LogP contribution is 2.23. The van der Waals surface area contributed by atoms with Gasteiger partial charge in [-0.15, -0.1) is 0 Å². The van der Waals surface area contributed by atoms with Crippen LogP contribution in [0.5, 0.6) is 0 Å². The third kappa shape index (κ3) is 5.01. The first-order valence-electron chi connectivity index (χ1n) is 10.4. The molecule has 0 spiro atoms. The Morgan fingerprint density at radius 2 is 1.52 bits per heavy atom. The number of piperidine rings is 1. The van der Waals surface area contributed by atoms with E-state index in [1.165, 1.54) is 64.2 Å². The van der Waals surface area contributed by atoms with Crippen LogP contribution in [-0.4, -0.2) is 67.6 Å². The van der Waals surface area contributed by atoms with Crippen molar-refractivity contribution >= 4 is 0 Å². The molecule has 4 heteroatoms. The molecule has 0 amide bonds. The van der Waals surface area contributed by atoms with Crippen molar-refractivity contribution in [3.8, 4) is 11.3 Å². The lowest BCUT2D eigenvalue weighted by atomic mass is 9.96. The minimum Gasteiger partial charge on any atom is -0.461 e. The molecule has 2 fully saturated rings. The van der Waals surface area contributed by atoms with Crippen LogP contribution in [0, 0.1) is 12.8 Å². The molecular weight excluding hydrogens is 334 g/mol. The fraction of sp³-hybridized carbons (Fsp3) is 0.565. The van der Waals surface area contributed by atoms with E-state index in [0.717, 1.165) is 29.5 Å². The van der Waals surface area contributed by atoms with Crippen LogP contribution in [0.1, 0.15) is 24.2 Å². The number of likely N-dealkylation sites (tertiary alicyclic amines) is 1. The number of rotatable bonds is 5. The number of nitrogens with zero attached hydrogens (tertiary/aromatic N) is 3. The molecule has 1 aromatic carbocycles. The van der Waals surface area contributed by atoms with E-state index >= 15 is 0 Å². The van der Waals surface area contributed by atoms with Crippen molar-refractivity contribution < 1.29 is 4.42 Å². The van der Waals surface area contributed by atoms with Gasteiger partial charge in [-0.25, -0.2) is 0 Å². The smallest absolute Gasteiger partial charge is 0.134 e. The lowest BCUT2D eigenvalue weighted by Crippen LogP contribution is -2.48. The second-order valence-corrected chi connectivity index (χ2v) is 8.43. The van der Waals surface area contributed by atoms with Gasteiger partial charge in [-0.3, -0.25) is 4.90 Å². The molecule has 0 radical (unpaired) electrons. The summed E-state index contributed by atoms with van der Waals surface area (Å²) in [7, 11) is 2.25. The zero-order chi connectivity index (χ0) is 18.6. The Labute approximate surface area is 163 Å². The highest BCUT2D eigenvalue weighted by Gasteiger charge is 2.22. The highest BCUT2D eigenvalue weighted by atomic mass is 16.3. The van der Waals surface area contributed by atoms with Crippen LogP contribution in [0.2, 0.25) is 0 Å². The van der Waals surface area contributed by atoms with Crippen LogP contribution in [0.15, 0.2) is 40.8 Å². The predicted molar refractivity (Wildman–Crippen MR) is 111 cm³/mol. The molecule has 0 atom stereocenters. The van der Waals surface area contributed by atoms with Crippen molar-refractivity contribution in [1.82, 2.24) is 14.7 Å². The Bertz CT molecular complexity index is 707. The van der Waals surface area contributed by atoms with Gasteiger partial charge in [0, 0.05) is 44.8 Å². The maximum absolute atomic E-state index is 5.72. The molecule has 27 heavy (non-hydrogen) atoms. The van der Waals surface area contributed by atoms with E-state index in [1.54, 1.807) is 0 Å². The number of hydrogen-bond acceptors (Lipinski definition) is 4. The number of aryl methyl sites for hydroxylation is 1. The van der Waals surface area contributed by atoms with Gasteiger partial charge < -0.3 is 14.2 Å². The molecule has 1 aromatic heterocycles. The fourth-order valence-electron chi connectivity index (χ4n) is 4.36. The Balaban J connectivity index is 1.23. The monoisotopic (exact) mass is 367 g/mol. The number of hydrogen-bond donors (Lipinski definition) is 0. The summed E-state index contributed by atoms with van der Waals surface area (Å²) in [5.41, 5.74) is 2.56. The molecule has 0 aliphatic carbocycles. The van der Waals surface area contributed by atoms with Crippen molar-refractivity contribution in [3.63, 3.8) is 0 Å². The molecule has 0 bridgehead atoms. The third-order valence-corrected chi connectivity index (χ3v) is 6.20. The molecule has 0 saturated carbocycles. The van der Waals surface area contributed by atoms with Crippen LogP contribution in [0.25, 0.3) is 11.3 Å². The fourth-order valence-corrected chi connectivity index (χ4v) is 4.36. The molecule has 4 nitrogen and oxygen atoms in total. The first-order valence-corrected chi connectivity index (χ1v) is 10.4. The van der Waals surface area contributed by atoms with Crippen molar-refractivity contribution in [3.05, 3.63) is 47.7 Å². The van der Waals surface area contributed by atoms with Gasteiger partial charge in [0.15, 0.2) is 0 Å². The third-order valence-electron chi connectivity index (χ3n) is 6.20. The summed E-state index contributed by atoms with van der Waals surface area (Å²) in [6.07, 6.45) is 2.75. The summed E-state index contributed by atoms with van der Waals surface area (Å²) in [4.78, 5) is 7.75. The number of piperazine rings is 1. The summed E-state index contributed by atoms with van der Waals surface area (Å²) in [5.74, 6) is 2.83. The Kier molecular flexibility index (Phi) is 5.96. The Morgan fingerprint density at radius 3 is 2.15 bits per heavy atom. The van der Waals surface area contributed by atoms with Gasteiger partial charge in [0.2, 0.25) is 0 Å². The molecular formula is C23H33N3O. The van der Waals surface area contributed by atoms with Crippen molar-refractivity contribution in [2.75, 3.05) is 52.9 Å². The molecule has 0 N–H and O–H groups in total. The van der Waals surface area contributed by atoms with E-state index in [4.69, 9.17) is 4.42 Å². The van der Waals surface area contributed by atoms with E-state index in [0.29, 0.717) is 0 Å². The van der Waals surface area contributed by atoms with Gasteiger partial charge in [0.1, 0.15) is 11.5 Å². The molecule has 3 heterocycles. The van der Waals surface area contributed by atoms with Crippen LogP contribution in [0.3, 0.4) is 0 Å². The topological polar surface area (TPSA) is 22.9 Å². The second-order valence-electron chi connectivity index (χ2n) is 8.43. The molecule has 2 aromatic rings. The first-order chi connectivity index (χ1) is 13.2. The number of benzene rings is 1. The van der Waals surface area contributed by atoms with Crippen LogP contribution in [-0.2, 0) is 6.54 Å². The van der Waals surface area contributed by atoms with Gasteiger partial charge in [0.05, 0.1) is 0 Å². The van der Waals surface area contributed by atoms with E-state index in [2.05, 4.69) is 46.0 Å². The lowest BCUT2D eigenvalue weighted by molar-refractivity contribution is 0.0964. The van der Waals surface area contributed by atoms with Gasteiger partial charge in [0.25, 0.3) is 0 Å². The average Bonchev–Trinajstić information content (AvgIpc) is 3.12. The van der Waals surface area contributed by atoms with Gasteiger partial charge >= 0.3 is 0 Å². The van der Waals surface area contributed by atoms with E-state index in [1.807, 2.05) is 19.1 Å². The first kappa shape index (κ1) is 18.7. The summed E-state index contributed by atoms with van der Waals surface area (Å²) in [5, 5.41) is 0. The zero-order valence-corrected chi connectivity index (χ0v) is 16.9. The SMILES string of the molecule is Cc1ccc(-c2ccc(CN3CCN(CC4CCN(C)CC4)CC3)cc2)o1. The van der Waals surface area contributed by atoms with E-state index < -0.39 is 0 Å². The predicted octanol–water partition coefficient (Wildman–Crippen LogP) is 3.71.